The van der Waals surface area contributed by atoms with E-state index in [0.29, 0.717) is 28.7 Å². The van der Waals surface area contributed by atoms with Crippen LogP contribution in [-0.2, 0) is 11.3 Å². The van der Waals surface area contributed by atoms with Crippen molar-refractivity contribution in [1.29, 1.82) is 0 Å². The van der Waals surface area contributed by atoms with Crippen LogP contribution in [0.2, 0.25) is 5.02 Å². The van der Waals surface area contributed by atoms with Crippen LogP contribution >= 0.6 is 11.6 Å². The Morgan fingerprint density at radius 3 is 2.28 bits per heavy atom. The first-order valence-corrected chi connectivity index (χ1v) is 10.1. The molecule has 1 N–H and O–H groups in total. The van der Waals surface area contributed by atoms with E-state index in [-0.39, 0.29) is 17.9 Å². The molecule has 1 atom stereocenters. The quantitative estimate of drug-likeness (QED) is 0.688. The summed E-state index contributed by atoms with van der Waals surface area (Å²) >= 11 is 6.14. The number of amides is 2. The van der Waals surface area contributed by atoms with E-state index in [1.165, 1.54) is 0 Å². The minimum absolute atomic E-state index is 0.0291. The van der Waals surface area contributed by atoms with Crippen molar-refractivity contribution in [2.45, 2.75) is 40.3 Å². The number of nitrogens with zero attached hydrogens (tertiary/aromatic N) is 2. The first kappa shape index (κ1) is 22.8. The first-order chi connectivity index (χ1) is 13.6. The highest BCUT2D eigenvalue weighted by molar-refractivity contribution is 6.34. The van der Waals surface area contributed by atoms with Gasteiger partial charge in [-0.1, -0.05) is 37.6 Å². The Balaban J connectivity index is 2.35. The third kappa shape index (κ3) is 5.73. The molecule has 0 aliphatic heterocycles. The van der Waals surface area contributed by atoms with Crippen LogP contribution in [0.15, 0.2) is 42.5 Å². The molecule has 0 saturated carbocycles. The summed E-state index contributed by atoms with van der Waals surface area (Å²) in [6.07, 6.45) is 0. The number of anilines is 2. The minimum Gasteiger partial charge on any atom is -0.377 e. The number of benzene rings is 2. The molecule has 0 aliphatic carbocycles. The topological polar surface area (TPSA) is 52.7 Å². The summed E-state index contributed by atoms with van der Waals surface area (Å²) in [4.78, 5) is 28.8. The Kier molecular flexibility index (Phi) is 7.68. The molecule has 2 aromatic carbocycles. The molecule has 2 aromatic rings. The van der Waals surface area contributed by atoms with E-state index < -0.39 is 0 Å². The lowest BCUT2D eigenvalue weighted by molar-refractivity contribution is -0.132. The summed E-state index contributed by atoms with van der Waals surface area (Å²) < 4.78 is 0. The fraction of sp³-hybridized carbons (Fsp3) is 0.391. The van der Waals surface area contributed by atoms with Crippen molar-refractivity contribution in [1.82, 2.24) is 4.90 Å². The minimum atomic E-state index is -0.266. The van der Waals surface area contributed by atoms with E-state index in [2.05, 4.69) is 26.1 Å². The van der Waals surface area contributed by atoms with Crippen LogP contribution in [-0.4, -0.2) is 36.9 Å². The number of carbonyl (C=O) groups is 2. The molecule has 6 heteroatoms. The summed E-state index contributed by atoms with van der Waals surface area (Å²) in [5.41, 5.74) is 3.06. The molecular formula is C23H30ClN3O2. The van der Waals surface area contributed by atoms with Crippen LogP contribution in [0.5, 0.6) is 0 Å². The van der Waals surface area contributed by atoms with Gasteiger partial charge in [0.1, 0.15) is 0 Å². The Morgan fingerprint density at radius 2 is 1.72 bits per heavy atom. The Morgan fingerprint density at radius 1 is 1.07 bits per heavy atom. The average molecular weight is 416 g/mol. The highest BCUT2D eigenvalue weighted by Crippen LogP contribution is 2.27. The Bertz CT molecular complexity index is 880. The van der Waals surface area contributed by atoms with E-state index in [0.717, 1.165) is 11.3 Å². The highest BCUT2D eigenvalue weighted by atomic mass is 35.5. The third-order valence-corrected chi connectivity index (χ3v) is 5.47. The lowest BCUT2D eigenvalue weighted by Gasteiger charge is -2.32. The van der Waals surface area contributed by atoms with Gasteiger partial charge in [-0.3, -0.25) is 9.59 Å². The first-order valence-electron chi connectivity index (χ1n) is 9.75. The van der Waals surface area contributed by atoms with Crippen LogP contribution in [0.4, 0.5) is 11.4 Å². The van der Waals surface area contributed by atoms with Crippen LogP contribution < -0.4 is 10.2 Å². The maximum atomic E-state index is 12.6. The van der Waals surface area contributed by atoms with Crippen molar-refractivity contribution in [3.05, 3.63) is 58.6 Å². The van der Waals surface area contributed by atoms with Crippen molar-refractivity contribution in [2.75, 3.05) is 24.3 Å². The fourth-order valence-electron chi connectivity index (χ4n) is 3.16. The predicted octanol–water partition coefficient (Wildman–Crippen LogP) is 5.05. The fourth-order valence-corrected chi connectivity index (χ4v) is 3.38. The molecule has 0 spiro atoms. The smallest absolute Gasteiger partial charge is 0.257 e. The molecular weight excluding hydrogens is 386 g/mol. The van der Waals surface area contributed by atoms with Gasteiger partial charge >= 0.3 is 0 Å². The van der Waals surface area contributed by atoms with Gasteiger partial charge in [-0.25, -0.2) is 0 Å². The zero-order valence-corrected chi connectivity index (χ0v) is 18.7. The Hall–Kier alpha value is -2.53. The number of hydrogen-bond donors (Lipinski definition) is 1. The van der Waals surface area contributed by atoms with Gasteiger partial charge in [-0.15, -0.1) is 0 Å². The zero-order valence-electron chi connectivity index (χ0n) is 18.0. The number of carbonyl (C=O) groups excluding carboxylic acids is 2. The van der Waals surface area contributed by atoms with Gasteiger partial charge in [0.15, 0.2) is 0 Å². The number of halogens is 1. The summed E-state index contributed by atoms with van der Waals surface area (Å²) in [5.74, 6) is 0.101. The van der Waals surface area contributed by atoms with E-state index in [4.69, 9.17) is 11.6 Å². The van der Waals surface area contributed by atoms with Gasteiger partial charge in [0.25, 0.3) is 5.91 Å². The normalized spacial score (nSPS) is 11.9. The van der Waals surface area contributed by atoms with Crippen LogP contribution in [0.1, 0.15) is 43.6 Å². The molecule has 0 radical (unpaired) electrons. The van der Waals surface area contributed by atoms with E-state index in [1.54, 1.807) is 31.2 Å². The van der Waals surface area contributed by atoms with Gasteiger partial charge in [0.05, 0.1) is 10.6 Å². The second-order valence-electron chi connectivity index (χ2n) is 7.80. The van der Waals surface area contributed by atoms with Crippen molar-refractivity contribution in [2.24, 2.45) is 5.92 Å². The summed E-state index contributed by atoms with van der Waals surface area (Å²) in [7, 11) is 3.93. The number of rotatable bonds is 7. The van der Waals surface area contributed by atoms with Crippen molar-refractivity contribution in [3.63, 3.8) is 0 Å². The maximum absolute atomic E-state index is 12.6. The molecule has 0 saturated heterocycles. The van der Waals surface area contributed by atoms with Crippen LogP contribution in [0, 0.1) is 5.92 Å². The van der Waals surface area contributed by atoms with Gasteiger partial charge < -0.3 is 15.1 Å². The molecule has 2 amide bonds. The van der Waals surface area contributed by atoms with E-state index >= 15 is 0 Å². The molecule has 156 valence electrons. The molecule has 5 nitrogen and oxygen atoms in total. The monoisotopic (exact) mass is 415 g/mol. The summed E-state index contributed by atoms with van der Waals surface area (Å²) in [6.45, 7) is 8.33. The molecule has 0 unspecified atom stereocenters. The van der Waals surface area contributed by atoms with E-state index in [1.807, 2.05) is 42.1 Å². The van der Waals surface area contributed by atoms with Gasteiger partial charge in [0.2, 0.25) is 5.91 Å². The molecule has 0 bridgehead atoms. The molecule has 0 fully saturated rings. The SMILES string of the molecule is CC(=O)N(Cc1cc(NC(=O)c2ccccc2Cl)ccc1N(C)C)[C@@H](C)C(C)C. The lowest BCUT2D eigenvalue weighted by Crippen LogP contribution is -2.39. The largest absolute Gasteiger partial charge is 0.377 e. The number of nitrogens with one attached hydrogen (secondary N) is 1. The van der Waals surface area contributed by atoms with Crippen LogP contribution in [0.25, 0.3) is 0 Å². The van der Waals surface area contributed by atoms with Gasteiger partial charge in [-0.2, -0.15) is 0 Å². The molecule has 2 rings (SSSR count). The predicted molar refractivity (Wildman–Crippen MR) is 121 cm³/mol. The summed E-state index contributed by atoms with van der Waals surface area (Å²) in [5, 5.41) is 3.32. The van der Waals surface area contributed by atoms with Gasteiger partial charge in [0, 0.05) is 45.0 Å². The zero-order chi connectivity index (χ0) is 21.7. The standard InChI is InChI=1S/C23H30ClN3O2/c1-15(2)16(3)27(17(4)28)14-18-13-19(11-12-22(18)26(5)6)25-23(29)20-9-7-8-10-21(20)24/h7-13,15-16H,14H2,1-6H3,(H,25,29)/t16-/m0/s1. The van der Waals surface area contributed by atoms with Crippen molar-refractivity contribution >= 4 is 34.8 Å². The second kappa shape index (κ2) is 9.79. The van der Waals surface area contributed by atoms with Crippen molar-refractivity contribution < 1.29 is 9.59 Å². The second-order valence-corrected chi connectivity index (χ2v) is 8.21. The van der Waals surface area contributed by atoms with E-state index in [9.17, 15) is 9.59 Å². The van der Waals surface area contributed by atoms with Crippen molar-refractivity contribution in [3.8, 4) is 0 Å². The summed E-state index contributed by atoms with van der Waals surface area (Å²) in [6, 6.07) is 12.8. The molecule has 0 aromatic heterocycles. The molecule has 0 aliphatic rings. The maximum Gasteiger partial charge on any atom is 0.257 e. The average Bonchev–Trinajstić information content (AvgIpc) is 2.65. The van der Waals surface area contributed by atoms with Crippen LogP contribution in [0.3, 0.4) is 0 Å². The highest BCUT2D eigenvalue weighted by Gasteiger charge is 2.22. The third-order valence-electron chi connectivity index (χ3n) is 5.14. The van der Waals surface area contributed by atoms with Gasteiger partial charge in [-0.05, 0) is 48.7 Å². The lowest BCUT2D eigenvalue weighted by atomic mass is 10.0. The molecule has 29 heavy (non-hydrogen) atoms. The number of hydrogen-bond acceptors (Lipinski definition) is 3. The molecule has 0 heterocycles. The Labute approximate surface area is 178 Å².